The predicted octanol–water partition coefficient (Wildman–Crippen LogP) is 5.16. The van der Waals surface area contributed by atoms with Crippen molar-refractivity contribution >= 4 is 34.7 Å². The summed E-state index contributed by atoms with van der Waals surface area (Å²) in [4.78, 5) is 41.2. The van der Waals surface area contributed by atoms with E-state index in [1.165, 1.54) is 12.1 Å². The molecule has 3 aliphatic heterocycles. The average Bonchev–Trinajstić information content (AvgIpc) is 3.53. The van der Waals surface area contributed by atoms with E-state index in [4.69, 9.17) is 11.6 Å². The number of ketones is 1. The van der Waals surface area contributed by atoms with Gasteiger partial charge < -0.3 is 5.32 Å². The van der Waals surface area contributed by atoms with E-state index in [1.54, 1.807) is 42.5 Å². The zero-order valence-corrected chi connectivity index (χ0v) is 19.4. The van der Waals surface area contributed by atoms with Crippen LogP contribution >= 0.6 is 11.6 Å². The molecule has 35 heavy (non-hydrogen) atoms. The van der Waals surface area contributed by atoms with Crippen LogP contribution in [-0.4, -0.2) is 34.1 Å². The lowest BCUT2D eigenvalue weighted by Gasteiger charge is -2.37. The lowest BCUT2D eigenvalue weighted by molar-refractivity contribution is -0.384. The molecule has 4 atom stereocenters. The number of hydrogen-bond acceptors (Lipinski definition) is 5. The van der Waals surface area contributed by atoms with E-state index in [-0.39, 0.29) is 29.3 Å². The van der Waals surface area contributed by atoms with E-state index in [9.17, 15) is 19.7 Å². The summed E-state index contributed by atoms with van der Waals surface area (Å²) in [7, 11) is 0. The molecular formula is C27H22ClN3O4. The van der Waals surface area contributed by atoms with Crippen LogP contribution in [0.25, 0.3) is 0 Å². The third-order valence-electron chi connectivity index (χ3n) is 7.79. The molecule has 3 heterocycles. The highest BCUT2D eigenvalue weighted by Crippen LogP contribution is 2.61. The quantitative estimate of drug-likeness (QED) is 0.312. The fraction of sp³-hybridized carbons (Fsp3) is 0.259. The summed E-state index contributed by atoms with van der Waals surface area (Å²) in [5, 5.41) is 14.8. The fourth-order valence-electron chi connectivity index (χ4n) is 6.51. The molecule has 6 rings (SSSR count). The number of rotatable bonds is 4. The van der Waals surface area contributed by atoms with Crippen molar-refractivity contribution in [3.63, 3.8) is 0 Å². The highest BCUT2D eigenvalue weighted by Gasteiger charge is 2.69. The van der Waals surface area contributed by atoms with Crippen LogP contribution in [0.5, 0.6) is 0 Å². The van der Waals surface area contributed by atoms with Gasteiger partial charge in [-0.3, -0.25) is 24.6 Å². The molecule has 3 aromatic rings. The first-order valence-electron chi connectivity index (χ1n) is 11.6. The molecule has 7 nitrogen and oxygen atoms in total. The molecule has 0 saturated carbocycles. The van der Waals surface area contributed by atoms with Gasteiger partial charge >= 0.3 is 0 Å². The minimum atomic E-state index is -1.21. The van der Waals surface area contributed by atoms with Gasteiger partial charge in [0.15, 0.2) is 5.78 Å². The number of nitro groups is 1. The van der Waals surface area contributed by atoms with Crippen molar-refractivity contribution in [3.05, 3.63) is 105 Å². The summed E-state index contributed by atoms with van der Waals surface area (Å²) in [6, 6.07) is 20.7. The zero-order valence-electron chi connectivity index (χ0n) is 18.7. The van der Waals surface area contributed by atoms with Crippen LogP contribution in [-0.2, 0) is 10.3 Å². The zero-order chi connectivity index (χ0) is 24.3. The number of benzene rings is 3. The molecular weight excluding hydrogens is 466 g/mol. The molecule has 8 heteroatoms. The van der Waals surface area contributed by atoms with Crippen LogP contribution in [0.3, 0.4) is 0 Å². The molecule has 176 valence electrons. The van der Waals surface area contributed by atoms with E-state index in [1.807, 2.05) is 18.2 Å². The molecule has 2 fully saturated rings. The fourth-order valence-corrected chi connectivity index (χ4v) is 6.68. The topological polar surface area (TPSA) is 92.5 Å². The van der Waals surface area contributed by atoms with Gasteiger partial charge in [0.1, 0.15) is 5.54 Å². The summed E-state index contributed by atoms with van der Waals surface area (Å²) < 4.78 is 0. The van der Waals surface area contributed by atoms with Crippen LogP contribution in [0.15, 0.2) is 72.8 Å². The summed E-state index contributed by atoms with van der Waals surface area (Å²) in [5.41, 5.74) is 1.53. The number of hydrogen-bond donors (Lipinski definition) is 1. The highest BCUT2D eigenvalue weighted by atomic mass is 35.5. The molecule has 1 N–H and O–H groups in total. The Morgan fingerprint density at radius 1 is 1.09 bits per heavy atom. The van der Waals surface area contributed by atoms with E-state index < -0.39 is 16.4 Å². The van der Waals surface area contributed by atoms with Crippen molar-refractivity contribution in [3.8, 4) is 0 Å². The average molecular weight is 488 g/mol. The number of halogens is 1. The van der Waals surface area contributed by atoms with Crippen LogP contribution in [0, 0.1) is 16.0 Å². The van der Waals surface area contributed by atoms with E-state index >= 15 is 0 Å². The maximum Gasteiger partial charge on any atom is 0.269 e. The monoisotopic (exact) mass is 487 g/mol. The second-order valence-electron chi connectivity index (χ2n) is 9.40. The van der Waals surface area contributed by atoms with Crippen molar-refractivity contribution in [2.45, 2.75) is 30.3 Å². The molecule has 3 aliphatic rings. The van der Waals surface area contributed by atoms with Crippen molar-refractivity contribution < 1.29 is 14.5 Å². The number of nitro benzene ring substituents is 1. The van der Waals surface area contributed by atoms with Crippen molar-refractivity contribution in [1.82, 2.24) is 4.90 Å². The predicted molar refractivity (Wildman–Crippen MR) is 132 cm³/mol. The first-order valence-corrected chi connectivity index (χ1v) is 12.0. The summed E-state index contributed by atoms with van der Waals surface area (Å²) >= 11 is 6.41. The van der Waals surface area contributed by atoms with Gasteiger partial charge in [0.25, 0.3) is 5.69 Å². The SMILES string of the molecule is O=C(c1ccccc1)C1C(c2ccc([N+](=O)[O-])cc2)C2CCCN2[C@@]12C(=O)Nc1ccc(Cl)cc12. The number of non-ortho nitro benzene ring substituents is 1. The Morgan fingerprint density at radius 3 is 2.54 bits per heavy atom. The Hall–Kier alpha value is -3.55. The molecule has 0 radical (unpaired) electrons. The van der Waals surface area contributed by atoms with Gasteiger partial charge in [-0.25, -0.2) is 0 Å². The first kappa shape index (κ1) is 21.9. The van der Waals surface area contributed by atoms with Crippen LogP contribution in [0.2, 0.25) is 5.02 Å². The van der Waals surface area contributed by atoms with Gasteiger partial charge in [-0.05, 0) is 43.1 Å². The highest BCUT2D eigenvalue weighted by molar-refractivity contribution is 6.31. The molecule has 0 aliphatic carbocycles. The van der Waals surface area contributed by atoms with Gasteiger partial charge in [-0.1, -0.05) is 54.1 Å². The number of nitrogens with zero attached hydrogens (tertiary/aromatic N) is 2. The van der Waals surface area contributed by atoms with E-state index in [0.29, 0.717) is 22.8 Å². The molecule has 3 aromatic carbocycles. The van der Waals surface area contributed by atoms with Crippen LogP contribution in [0.1, 0.15) is 40.2 Å². The second kappa shape index (κ2) is 8.00. The summed E-state index contributed by atoms with van der Waals surface area (Å²) in [6.45, 7) is 0.673. The number of fused-ring (bicyclic) bond motifs is 4. The van der Waals surface area contributed by atoms with Crippen LogP contribution in [0.4, 0.5) is 11.4 Å². The smallest absolute Gasteiger partial charge is 0.269 e. The molecule has 2 saturated heterocycles. The summed E-state index contributed by atoms with van der Waals surface area (Å²) in [5.74, 6) is -1.38. The van der Waals surface area contributed by atoms with E-state index in [0.717, 1.165) is 24.0 Å². The Balaban J connectivity index is 1.60. The number of amides is 1. The molecule has 0 bridgehead atoms. The number of nitrogens with one attached hydrogen (secondary N) is 1. The first-order chi connectivity index (χ1) is 16.9. The normalized spacial score (nSPS) is 27.0. The molecule has 3 unspecified atom stereocenters. The van der Waals surface area contributed by atoms with Crippen molar-refractivity contribution in [2.75, 3.05) is 11.9 Å². The van der Waals surface area contributed by atoms with Crippen molar-refractivity contribution in [1.29, 1.82) is 0 Å². The standard InChI is InChI=1S/C27H22ClN3O4/c28-18-10-13-21-20(15-18)27(26(33)29-21)24(25(32)17-5-2-1-3-6-17)23(22-7-4-14-30(22)27)16-8-11-19(12-9-16)31(34)35/h1-3,5-6,8-13,15,22-24H,4,7,14H2,(H,29,33)/t22?,23?,24?,27-/m1/s1. The maximum atomic E-state index is 14.3. The number of carbonyl (C=O) groups is 2. The molecule has 0 aromatic heterocycles. The third-order valence-corrected chi connectivity index (χ3v) is 8.03. The molecule has 1 amide bonds. The Bertz CT molecular complexity index is 1360. The third kappa shape index (κ3) is 3.08. The Labute approximate surface area is 206 Å². The number of Topliss-reactive ketones (excluding diaryl/α,β-unsaturated/α-hetero) is 1. The van der Waals surface area contributed by atoms with Gasteiger partial charge in [0, 0.05) is 45.9 Å². The minimum Gasteiger partial charge on any atom is -0.324 e. The summed E-state index contributed by atoms with van der Waals surface area (Å²) in [6.07, 6.45) is 1.72. The largest absolute Gasteiger partial charge is 0.324 e. The number of anilines is 1. The van der Waals surface area contributed by atoms with Gasteiger partial charge in [-0.2, -0.15) is 0 Å². The van der Waals surface area contributed by atoms with E-state index in [2.05, 4.69) is 10.2 Å². The molecule has 1 spiro atoms. The Morgan fingerprint density at radius 2 is 1.83 bits per heavy atom. The van der Waals surface area contributed by atoms with Gasteiger partial charge in [0.05, 0.1) is 10.8 Å². The van der Waals surface area contributed by atoms with Gasteiger partial charge in [0.2, 0.25) is 5.91 Å². The second-order valence-corrected chi connectivity index (χ2v) is 9.83. The minimum absolute atomic E-state index is 0.00795. The number of carbonyl (C=O) groups excluding carboxylic acids is 2. The maximum absolute atomic E-state index is 14.3. The Kier molecular flexibility index (Phi) is 5.02. The van der Waals surface area contributed by atoms with Crippen molar-refractivity contribution in [2.24, 2.45) is 5.92 Å². The lowest BCUT2D eigenvalue weighted by atomic mass is 9.69. The van der Waals surface area contributed by atoms with Crippen LogP contribution < -0.4 is 5.32 Å². The van der Waals surface area contributed by atoms with Gasteiger partial charge in [-0.15, -0.1) is 0 Å². The lowest BCUT2D eigenvalue weighted by Crippen LogP contribution is -2.52.